The number of aromatic amines is 1. The van der Waals surface area contributed by atoms with Crippen molar-refractivity contribution >= 4 is 22.6 Å². The van der Waals surface area contributed by atoms with Gasteiger partial charge in [0.2, 0.25) is 0 Å². The topological polar surface area (TPSA) is 54.6 Å². The standard InChI is InChI=1S/C25H24N2O3/c1-15-4-6-16(7-5-15)18-10-12-27-13-11-19-20-14-17(29-2)8-9-21(20)26-23(19)24(27)22(18)25(28)30-3/h4-10,12,14,18,26H,11,13H2,1-3H3/t18-/m0/s1. The summed E-state index contributed by atoms with van der Waals surface area (Å²) >= 11 is 0. The van der Waals surface area contributed by atoms with Crippen molar-refractivity contribution in [3.63, 3.8) is 0 Å². The van der Waals surface area contributed by atoms with Crippen molar-refractivity contribution in [1.82, 2.24) is 9.88 Å². The maximum Gasteiger partial charge on any atom is 0.336 e. The third-order valence-corrected chi connectivity index (χ3v) is 6.11. The molecule has 0 unspecified atom stereocenters. The molecule has 2 aliphatic rings. The molecular weight excluding hydrogens is 376 g/mol. The molecule has 30 heavy (non-hydrogen) atoms. The third-order valence-electron chi connectivity index (χ3n) is 6.11. The maximum absolute atomic E-state index is 13.0. The first-order valence-electron chi connectivity index (χ1n) is 10.1. The maximum atomic E-state index is 13.0. The number of H-pyrrole nitrogens is 1. The van der Waals surface area contributed by atoms with Gasteiger partial charge in [0.25, 0.3) is 0 Å². The number of rotatable bonds is 3. The molecule has 0 saturated carbocycles. The molecule has 2 aliphatic heterocycles. The summed E-state index contributed by atoms with van der Waals surface area (Å²) in [6, 6.07) is 14.4. The van der Waals surface area contributed by atoms with Gasteiger partial charge in [0, 0.05) is 29.6 Å². The molecule has 5 rings (SSSR count). The van der Waals surface area contributed by atoms with Crippen molar-refractivity contribution < 1.29 is 14.3 Å². The lowest BCUT2D eigenvalue weighted by atomic mass is 9.84. The number of hydrogen-bond acceptors (Lipinski definition) is 4. The van der Waals surface area contributed by atoms with Crippen LogP contribution in [0.3, 0.4) is 0 Å². The first kappa shape index (κ1) is 18.6. The minimum absolute atomic E-state index is 0.156. The molecule has 0 aliphatic carbocycles. The van der Waals surface area contributed by atoms with Crippen LogP contribution in [-0.2, 0) is 16.0 Å². The fraction of sp³-hybridized carbons (Fsp3) is 0.240. The molecule has 0 bridgehead atoms. The Morgan fingerprint density at radius 1 is 1.13 bits per heavy atom. The minimum Gasteiger partial charge on any atom is -0.497 e. The Labute approximate surface area is 175 Å². The second-order valence-corrected chi connectivity index (χ2v) is 7.82. The Hall–Kier alpha value is -3.47. The molecule has 1 atom stereocenters. The van der Waals surface area contributed by atoms with E-state index in [0.29, 0.717) is 5.57 Å². The SMILES string of the molecule is COC(=O)C1=C2c3[nH]c4ccc(OC)cc4c3CCN2C=C[C@H]1c1ccc(C)cc1. The van der Waals surface area contributed by atoms with Crippen LogP contribution in [-0.4, -0.2) is 36.6 Å². The number of fused-ring (bicyclic) bond motifs is 5. The van der Waals surface area contributed by atoms with Gasteiger partial charge < -0.3 is 19.4 Å². The van der Waals surface area contributed by atoms with Crippen LogP contribution in [0.25, 0.3) is 16.6 Å². The van der Waals surface area contributed by atoms with Crippen LogP contribution in [0.1, 0.15) is 28.3 Å². The van der Waals surface area contributed by atoms with E-state index >= 15 is 0 Å². The number of aromatic nitrogens is 1. The summed E-state index contributed by atoms with van der Waals surface area (Å²) in [5.74, 6) is 0.375. The first-order valence-corrected chi connectivity index (χ1v) is 10.1. The molecular formula is C25H24N2O3. The van der Waals surface area contributed by atoms with Crippen molar-refractivity contribution in [2.75, 3.05) is 20.8 Å². The average molecular weight is 400 g/mol. The summed E-state index contributed by atoms with van der Waals surface area (Å²) in [7, 11) is 3.13. The number of carbonyl (C=O) groups excluding carboxylic acids is 1. The van der Waals surface area contributed by atoms with Gasteiger partial charge in [0.15, 0.2) is 0 Å². The number of carbonyl (C=O) groups is 1. The summed E-state index contributed by atoms with van der Waals surface area (Å²) in [5.41, 5.74) is 7.10. The van der Waals surface area contributed by atoms with E-state index in [0.717, 1.165) is 46.6 Å². The van der Waals surface area contributed by atoms with E-state index in [2.05, 4.69) is 59.4 Å². The molecule has 5 heteroatoms. The monoisotopic (exact) mass is 400 g/mol. The summed E-state index contributed by atoms with van der Waals surface area (Å²) < 4.78 is 10.7. The predicted molar refractivity (Wildman–Crippen MR) is 117 cm³/mol. The normalized spacial score (nSPS) is 17.7. The summed E-state index contributed by atoms with van der Waals surface area (Å²) in [6.45, 7) is 2.87. The summed E-state index contributed by atoms with van der Waals surface area (Å²) in [5, 5.41) is 1.14. The third kappa shape index (κ3) is 2.81. The van der Waals surface area contributed by atoms with Crippen molar-refractivity contribution in [2.24, 2.45) is 0 Å². The summed E-state index contributed by atoms with van der Waals surface area (Å²) in [6.07, 6.45) is 5.08. The largest absolute Gasteiger partial charge is 0.497 e. The minimum atomic E-state index is -0.297. The fourth-order valence-electron chi connectivity index (χ4n) is 4.56. The van der Waals surface area contributed by atoms with Crippen LogP contribution in [0.15, 0.2) is 60.3 Å². The van der Waals surface area contributed by atoms with E-state index in [1.165, 1.54) is 18.2 Å². The van der Waals surface area contributed by atoms with Gasteiger partial charge in [-0.3, -0.25) is 0 Å². The van der Waals surface area contributed by atoms with Crippen LogP contribution < -0.4 is 4.74 Å². The highest BCUT2D eigenvalue weighted by molar-refractivity contribution is 6.02. The highest BCUT2D eigenvalue weighted by Gasteiger charge is 2.36. The first-order chi connectivity index (χ1) is 14.6. The highest BCUT2D eigenvalue weighted by Crippen LogP contribution is 2.43. The Morgan fingerprint density at radius 3 is 2.67 bits per heavy atom. The number of aryl methyl sites for hydroxylation is 1. The number of nitrogens with zero attached hydrogens (tertiary/aromatic N) is 1. The molecule has 0 amide bonds. The number of ether oxygens (including phenoxy) is 2. The zero-order valence-electron chi connectivity index (χ0n) is 17.4. The molecule has 0 radical (unpaired) electrons. The van der Waals surface area contributed by atoms with Gasteiger partial charge in [-0.05, 0) is 42.7 Å². The van der Waals surface area contributed by atoms with Gasteiger partial charge >= 0.3 is 5.97 Å². The van der Waals surface area contributed by atoms with Crippen molar-refractivity contribution in [3.05, 3.63) is 82.7 Å². The number of hydrogen-bond donors (Lipinski definition) is 1. The molecule has 1 aromatic heterocycles. The van der Waals surface area contributed by atoms with Gasteiger partial charge in [0.05, 0.1) is 31.2 Å². The van der Waals surface area contributed by atoms with Crippen LogP contribution >= 0.6 is 0 Å². The smallest absolute Gasteiger partial charge is 0.336 e. The Morgan fingerprint density at radius 2 is 1.93 bits per heavy atom. The molecule has 152 valence electrons. The molecule has 0 spiro atoms. The van der Waals surface area contributed by atoms with E-state index in [1.54, 1.807) is 7.11 Å². The number of methoxy groups -OCH3 is 2. The molecule has 0 fully saturated rings. The van der Waals surface area contributed by atoms with E-state index in [-0.39, 0.29) is 11.9 Å². The van der Waals surface area contributed by atoms with Gasteiger partial charge in [0.1, 0.15) is 5.75 Å². The van der Waals surface area contributed by atoms with E-state index < -0.39 is 0 Å². The lowest BCUT2D eigenvalue weighted by Gasteiger charge is -2.35. The van der Waals surface area contributed by atoms with Gasteiger partial charge in [-0.15, -0.1) is 0 Å². The number of allylic oxidation sites excluding steroid dienone is 1. The molecule has 3 heterocycles. The number of esters is 1. The Bertz CT molecular complexity index is 1200. The van der Waals surface area contributed by atoms with E-state index in [4.69, 9.17) is 9.47 Å². The lowest BCUT2D eigenvalue weighted by Crippen LogP contribution is -2.31. The fourth-order valence-corrected chi connectivity index (χ4v) is 4.56. The van der Waals surface area contributed by atoms with Gasteiger partial charge in [-0.2, -0.15) is 0 Å². The van der Waals surface area contributed by atoms with Crippen LogP contribution in [0.4, 0.5) is 0 Å². The Balaban J connectivity index is 1.74. The molecule has 1 N–H and O–H groups in total. The van der Waals surface area contributed by atoms with Crippen LogP contribution in [0, 0.1) is 6.92 Å². The lowest BCUT2D eigenvalue weighted by molar-refractivity contribution is -0.136. The quantitative estimate of drug-likeness (QED) is 0.656. The van der Waals surface area contributed by atoms with Crippen molar-refractivity contribution in [3.8, 4) is 5.75 Å². The van der Waals surface area contributed by atoms with Crippen molar-refractivity contribution in [2.45, 2.75) is 19.3 Å². The van der Waals surface area contributed by atoms with E-state index in [9.17, 15) is 4.79 Å². The molecule has 5 nitrogen and oxygen atoms in total. The molecule has 0 saturated heterocycles. The molecule has 3 aromatic rings. The van der Waals surface area contributed by atoms with Crippen LogP contribution in [0.5, 0.6) is 5.75 Å². The van der Waals surface area contributed by atoms with E-state index in [1.807, 2.05) is 12.1 Å². The zero-order valence-corrected chi connectivity index (χ0v) is 17.4. The Kier molecular flexibility index (Phi) is 4.39. The second kappa shape index (κ2) is 7.10. The summed E-state index contributed by atoms with van der Waals surface area (Å²) in [4.78, 5) is 18.7. The van der Waals surface area contributed by atoms with Gasteiger partial charge in [-0.1, -0.05) is 35.9 Å². The zero-order chi connectivity index (χ0) is 20.8. The molecule has 2 aromatic carbocycles. The number of nitrogens with one attached hydrogen (secondary N) is 1. The van der Waals surface area contributed by atoms with Gasteiger partial charge in [-0.25, -0.2) is 4.79 Å². The average Bonchev–Trinajstić information content (AvgIpc) is 3.16. The predicted octanol–water partition coefficient (Wildman–Crippen LogP) is 4.54. The second-order valence-electron chi connectivity index (χ2n) is 7.82. The van der Waals surface area contributed by atoms with Crippen LogP contribution in [0.2, 0.25) is 0 Å². The highest BCUT2D eigenvalue weighted by atomic mass is 16.5. The van der Waals surface area contributed by atoms with Crippen molar-refractivity contribution in [1.29, 1.82) is 0 Å². The number of benzene rings is 2.